The number of hydrogen-bond donors (Lipinski definition) is 0. The molecule has 2 heterocycles. The van der Waals surface area contributed by atoms with Gasteiger partial charge in [-0.05, 0) is 69.6 Å². The Hall–Kier alpha value is -2.30. The minimum Gasteiger partial charge on any atom is -0.361 e. The van der Waals surface area contributed by atoms with E-state index in [1.54, 1.807) is 24.4 Å². The van der Waals surface area contributed by atoms with Gasteiger partial charge in [0, 0.05) is 58.7 Å². The Morgan fingerprint density at radius 1 is 1.13 bits per heavy atom. The van der Waals surface area contributed by atoms with Crippen molar-refractivity contribution >= 4 is 31.9 Å². The average Bonchev–Trinajstić information content (AvgIpc) is 3.43. The zero-order valence-corrected chi connectivity index (χ0v) is 32.5. The lowest BCUT2D eigenvalue weighted by Crippen LogP contribution is -2.50. The van der Waals surface area contributed by atoms with Crippen molar-refractivity contribution in [2.75, 3.05) is 6.54 Å². The Kier molecular flexibility index (Phi) is 17.1. The average molecular weight is 677 g/mol. The fourth-order valence-electron chi connectivity index (χ4n) is 5.93. The molecule has 258 valence electrons. The Balaban J connectivity index is 0.000000638. The van der Waals surface area contributed by atoms with Gasteiger partial charge in [0.25, 0.3) is 0 Å². The summed E-state index contributed by atoms with van der Waals surface area (Å²) in [5, 5.41) is 0.950. The van der Waals surface area contributed by atoms with Crippen LogP contribution in [0.25, 0.3) is 11.3 Å². The van der Waals surface area contributed by atoms with Crippen LogP contribution in [-0.2, 0) is 18.8 Å². The van der Waals surface area contributed by atoms with Crippen LogP contribution in [0.1, 0.15) is 119 Å². The molecule has 3 rings (SSSR count). The first-order chi connectivity index (χ1) is 21.6. The van der Waals surface area contributed by atoms with Crippen molar-refractivity contribution in [2.45, 2.75) is 121 Å². The Morgan fingerprint density at radius 2 is 1.74 bits per heavy atom. The van der Waals surface area contributed by atoms with Crippen LogP contribution in [0.2, 0.25) is 0 Å². The molecular weight excluding hydrogens is 617 g/mol. The number of rotatable bonds is 11. The summed E-state index contributed by atoms with van der Waals surface area (Å²) in [5.41, 5.74) is 4.72. The number of benzene rings is 1. The third kappa shape index (κ3) is 9.86. The number of imidazole rings is 1. The molecule has 8 heteroatoms. The molecule has 0 N–H and O–H groups in total. The second kappa shape index (κ2) is 18.9. The van der Waals surface area contributed by atoms with Crippen LogP contribution < -0.4 is 5.30 Å². The van der Waals surface area contributed by atoms with E-state index in [0.717, 1.165) is 54.4 Å². The summed E-state index contributed by atoms with van der Waals surface area (Å²) in [5.74, 6) is 2.17. The van der Waals surface area contributed by atoms with Crippen LogP contribution in [0.15, 0.2) is 53.3 Å². The SMILES string of the molecule is C=C(C(CC)C(C)C)N1CCn2c(nc(-c3cc(P)c(F)c(CF)c3)c2C(C)C)C1(C)C.C=C/C(Cl)=C\N=C(C)C(C)CC.CC. The van der Waals surface area contributed by atoms with Crippen molar-refractivity contribution in [3.05, 3.63) is 71.2 Å². The van der Waals surface area contributed by atoms with Crippen molar-refractivity contribution in [1.29, 1.82) is 0 Å². The normalized spacial score (nSPS) is 15.8. The minimum atomic E-state index is -0.835. The van der Waals surface area contributed by atoms with Crippen LogP contribution in [-0.4, -0.2) is 26.7 Å². The Morgan fingerprint density at radius 3 is 2.22 bits per heavy atom. The number of halogens is 3. The summed E-state index contributed by atoms with van der Waals surface area (Å²) < 4.78 is 30.1. The summed E-state index contributed by atoms with van der Waals surface area (Å²) in [4.78, 5) is 11.8. The highest BCUT2D eigenvalue weighted by molar-refractivity contribution is 7.27. The molecule has 1 aliphatic heterocycles. The lowest BCUT2D eigenvalue weighted by Gasteiger charge is -2.47. The molecule has 3 unspecified atom stereocenters. The first-order valence-electron chi connectivity index (χ1n) is 16.8. The topological polar surface area (TPSA) is 33.4 Å². The van der Waals surface area contributed by atoms with Gasteiger partial charge in [-0.25, -0.2) is 13.8 Å². The molecule has 0 spiro atoms. The van der Waals surface area contributed by atoms with Crippen LogP contribution >= 0.6 is 20.8 Å². The van der Waals surface area contributed by atoms with E-state index in [1.807, 2.05) is 20.8 Å². The van der Waals surface area contributed by atoms with E-state index in [2.05, 4.69) is 99.2 Å². The number of aliphatic imine (C=N–C) groups is 1. The van der Waals surface area contributed by atoms with Gasteiger partial charge in [0.2, 0.25) is 0 Å². The standard InChI is InChI=1S/C26H38F2N3P.C10H16ClN.C2H6/c1-9-20(15(2)3)17(6)31-11-10-30-24(16(4)5)23(29-25(30)26(31,7)8)18-12-19(14-27)22(28)21(32)13-18;1-5-8(3)9(4)12-7-10(11)6-2;1-2/h12-13,15-16,20H,6,9-11,14,32H2,1-5,7-8H3;6-8H,2,5H2,1,3-4H3;1-2H3/b;10-7+,12-9?;. The predicted octanol–water partition coefficient (Wildman–Crippen LogP) is 11.3. The fraction of sp³-hybridized carbons (Fsp3) is 0.579. The highest BCUT2D eigenvalue weighted by Gasteiger charge is 2.41. The lowest BCUT2D eigenvalue weighted by atomic mass is 9.87. The molecule has 3 atom stereocenters. The smallest absolute Gasteiger partial charge is 0.136 e. The highest BCUT2D eigenvalue weighted by Crippen LogP contribution is 2.42. The largest absolute Gasteiger partial charge is 0.361 e. The molecule has 1 aliphatic rings. The summed E-state index contributed by atoms with van der Waals surface area (Å²) in [6.07, 6.45) is 5.37. The van der Waals surface area contributed by atoms with Gasteiger partial charge in [-0.1, -0.05) is 87.1 Å². The van der Waals surface area contributed by atoms with E-state index >= 15 is 0 Å². The molecule has 0 radical (unpaired) electrons. The van der Waals surface area contributed by atoms with Crippen LogP contribution in [0.5, 0.6) is 0 Å². The summed E-state index contributed by atoms with van der Waals surface area (Å²) >= 11 is 5.69. The van der Waals surface area contributed by atoms with E-state index in [1.165, 1.54) is 5.70 Å². The Bertz CT molecular complexity index is 1370. The number of hydrogen-bond acceptors (Lipinski definition) is 3. The minimum absolute atomic E-state index is 0.0742. The number of alkyl halides is 1. The van der Waals surface area contributed by atoms with Crippen molar-refractivity contribution in [3.63, 3.8) is 0 Å². The van der Waals surface area contributed by atoms with Crippen molar-refractivity contribution in [2.24, 2.45) is 22.7 Å². The second-order valence-electron chi connectivity index (χ2n) is 12.9. The van der Waals surface area contributed by atoms with Crippen LogP contribution in [0, 0.1) is 23.6 Å². The number of allylic oxidation sites excluding steroid dienone is 3. The lowest BCUT2D eigenvalue weighted by molar-refractivity contribution is 0.0953. The number of aromatic nitrogens is 2. The summed E-state index contributed by atoms with van der Waals surface area (Å²) in [7, 11) is 2.39. The van der Waals surface area contributed by atoms with E-state index in [4.69, 9.17) is 16.6 Å². The van der Waals surface area contributed by atoms with Gasteiger partial charge in [-0.2, -0.15) is 0 Å². The molecule has 0 fully saturated rings. The maximum Gasteiger partial charge on any atom is 0.136 e. The third-order valence-corrected chi connectivity index (χ3v) is 9.52. The predicted molar refractivity (Wildman–Crippen MR) is 201 cm³/mol. The molecule has 46 heavy (non-hydrogen) atoms. The summed E-state index contributed by atoms with van der Waals surface area (Å²) in [6.45, 7) is 34.6. The maximum atomic E-state index is 14.3. The van der Waals surface area contributed by atoms with Crippen LogP contribution in [0.4, 0.5) is 8.78 Å². The van der Waals surface area contributed by atoms with Gasteiger partial charge in [0.15, 0.2) is 0 Å². The van der Waals surface area contributed by atoms with Gasteiger partial charge in [0.1, 0.15) is 18.3 Å². The van der Waals surface area contributed by atoms with Gasteiger partial charge in [-0.15, -0.1) is 9.24 Å². The van der Waals surface area contributed by atoms with Crippen molar-refractivity contribution in [3.8, 4) is 11.3 Å². The van der Waals surface area contributed by atoms with Gasteiger partial charge >= 0.3 is 0 Å². The molecule has 0 bridgehead atoms. The maximum absolute atomic E-state index is 14.3. The van der Waals surface area contributed by atoms with Crippen molar-refractivity contribution < 1.29 is 8.78 Å². The first kappa shape index (κ1) is 41.7. The van der Waals surface area contributed by atoms with E-state index in [0.29, 0.717) is 28.1 Å². The van der Waals surface area contributed by atoms with Crippen molar-refractivity contribution in [1.82, 2.24) is 14.5 Å². The Labute approximate surface area is 286 Å². The highest BCUT2D eigenvalue weighted by atomic mass is 35.5. The summed E-state index contributed by atoms with van der Waals surface area (Å²) in [6, 6.07) is 3.37. The molecular formula is C38H60ClF2N4P. The molecule has 0 amide bonds. The second-order valence-corrected chi connectivity index (χ2v) is 14.0. The number of fused-ring (bicyclic) bond motifs is 1. The molecule has 4 nitrogen and oxygen atoms in total. The van der Waals surface area contributed by atoms with Gasteiger partial charge < -0.3 is 9.47 Å². The molecule has 0 saturated carbocycles. The molecule has 1 aromatic heterocycles. The zero-order chi connectivity index (χ0) is 35.5. The van der Waals surface area contributed by atoms with E-state index in [9.17, 15) is 8.78 Å². The molecule has 0 aliphatic carbocycles. The van der Waals surface area contributed by atoms with E-state index < -0.39 is 12.5 Å². The monoisotopic (exact) mass is 676 g/mol. The van der Waals surface area contributed by atoms with Gasteiger partial charge in [-0.3, -0.25) is 4.99 Å². The fourth-order valence-corrected chi connectivity index (χ4v) is 6.35. The van der Waals surface area contributed by atoms with E-state index in [-0.39, 0.29) is 17.0 Å². The molecule has 1 aromatic carbocycles. The quantitative estimate of drug-likeness (QED) is 0.135. The van der Waals surface area contributed by atoms with Crippen LogP contribution in [0.3, 0.4) is 0 Å². The molecule has 0 saturated heterocycles. The number of nitrogens with zero attached hydrogens (tertiary/aromatic N) is 4. The third-order valence-electron chi connectivity index (χ3n) is 8.85. The zero-order valence-electron chi connectivity index (χ0n) is 30.6. The molecule has 2 aromatic rings. The first-order valence-corrected chi connectivity index (χ1v) is 17.8. The van der Waals surface area contributed by atoms with Gasteiger partial charge in [0.05, 0.1) is 16.3 Å².